The number of aromatic nitrogens is 3. The number of nitrogens with one attached hydrogen (secondary N) is 2. The Morgan fingerprint density at radius 2 is 2.04 bits per heavy atom. The normalized spacial score (nSPS) is 13.2. The predicted octanol–water partition coefficient (Wildman–Crippen LogP) is 2.33. The Morgan fingerprint density at radius 3 is 2.58 bits per heavy atom. The molecule has 0 aliphatic carbocycles. The van der Waals surface area contributed by atoms with Gasteiger partial charge in [-0.2, -0.15) is 5.10 Å². The Hall–Kier alpha value is -2.35. The fourth-order valence-corrected chi connectivity index (χ4v) is 2.81. The number of carbonyl (C=O) groups excluding carboxylic acids is 1. The van der Waals surface area contributed by atoms with E-state index in [0.29, 0.717) is 17.7 Å². The Kier molecular flexibility index (Phi) is 6.36. The molecule has 0 bridgehead atoms. The molecule has 1 aromatic carbocycles. The third-order valence-corrected chi connectivity index (χ3v) is 4.70. The van der Waals surface area contributed by atoms with Crippen LogP contribution in [0.5, 0.6) is 0 Å². The van der Waals surface area contributed by atoms with Crippen molar-refractivity contribution < 1.29 is 14.7 Å². The molecule has 0 aliphatic rings. The van der Waals surface area contributed by atoms with Crippen LogP contribution in [0.4, 0.5) is 0 Å². The number of aromatic amines is 1. The molecule has 0 saturated heterocycles. The van der Waals surface area contributed by atoms with Crippen LogP contribution in [0.3, 0.4) is 0 Å². The number of carboxylic acids is 1. The van der Waals surface area contributed by atoms with E-state index in [2.05, 4.69) is 20.5 Å². The topological polar surface area (TPSA) is 108 Å². The van der Waals surface area contributed by atoms with Crippen molar-refractivity contribution in [2.75, 3.05) is 0 Å². The Bertz CT molecular complexity index is 673. The number of aliphatic carboxylic acids is 1. The van der Waals surface area contributed by atoms with E-state index in [-0.39, 0.29) is 11.8 Å². The lowest BCUT2D eigenvalue weighted by Crippen LogP contribution is -2.45. The quantitative estimate of drug-likeness (QED) is 0.632. The highest BCUT2D eigenvalue weighted by Crippen LogP contribution is 2.18. The van der Waals surface area contributed by atoms with Crippen LogP contribution in [0.25, 0.3) is 0 Å². The molecule has 1 heterocycles. The summed E-state index contributed by atoms with van der Waals surface area (Å²) < 4.78 is 0. The smallest absolute Gasteiger partial charge is 0.326 e. The van der Waals surface area contributed by atoms with Crippen molar-refractivity contribution >= 4 is 23.6 Å². The molecule has 0 unspecified atom stereocenters. The maximum Gasteiger partial charge on any atom is 0.326 e. The van der Waals surface area contributed by atoms with Crippen LogP contribution < -0.4 is 5.32 Å². The minimum atomic E-state index is -1.02. The van der Waals surface area contributed by atoms with Crippen LogP contribution in [0, 0.1) is 5.92 Å². The van der Waals surface area contributed by atoms with E-state index in [1.165, 1.54) is 18.1 Å². The van der Waals surface area contributed by atoms with E-state index in [4.69, 9.17) is 0 Å². The van der Waals surface area contributed by atoms with Crippen molar-refractivity contribution in [1.29, 1.82) is 0 Å². The van der Waals surface area contributed by atoms with Gasteiger partial charge in [0.15, 0.2) is 5.16 Å². The van der Waals surface area contributed by atoms with Gasteiger partial charge in [-0.15, -0.1) is 0 Å². The molecule has 2 rings (SSSR count). The minimum Gasteiger partial charge on any atom is -0.480 e. The van der Waals surface area contributed by atoms with Gasteiger partial charge in [0.05, 0.1) is 0 Å². The average molecular weight is 348 g/mol. The van der Waals surface area contributed by atoms with Crippen molar-refractivity contribution in [2.24, 2.45) is 5.92 Å². The third kappa shape index (κ3) is 4.82. The summed E-state index contributed by atoms with van der Waals surface area (Å²) in [6.07, 6.45) is 2.13. The highest BCUT2D eigenvalue weighted by Gasteiger charge is 2.25. The molecule has 1 aromatic heterocycles. The summed E-state index contributed by atoms with van der Waals surface area (Å²) in [6, 6.07) is 6.20. The average Bonchev–Trinajstić information content (AvgIpc) is 3.10. The van der Waals surface area contributed by atoms with Gasteiger partial charge in [0.2, 0.25) is 0 Å². The van der Waals surface area contributed by atoms with Crippen molar-refractivity contribution in [3.63, 3.8) is 0 Å². The summed E-state index contributed by atoms with van der Waals surface area (Å²) in [7, 11) is 0. The van der Waals surface area contributed by atoms with Gasteiger partial charge in [-0.3, -0.25) is 9.89 Å². The Balaban J connectivity index is 1.96. The zero-order chi connectivity index (χ0) is 17.5. The van der Waals surface area contributed by atoms with Crippen LogP contribution >= 0.6 is 11.8 Å². The lowest BCUT2D eigenvalue weighted by atomic mass is 9.99. The zero-order valence-corrected chi connectivity index (χ0v) is 14.3. The number of rotatable bonds is 8. The fourth-order valence-electron chi connectivity index (χ4n) is 2.08. The van der Waals surface area contributed by atoms with E-state index < -0.39 is 12.0 Å². The monoisotopic (exact) mass is 348 g/mol. The highest BCUT2D eigenvalue weighted by atomic mass is 32.2. The van der Waals surface area contributed by atoms with Gasteiger partial charge < -0.3 is 10.4 Å². The number of thioether (sulfide) groups is 1. The number of hydrogen-bond donors (Lipinski definition) is 3. The maximum atomic E-state index is 12.2. The molecule has 24 heavy (non-hydrogen) atoms. The summed E-state index contributed by atoms with van der Waals surface area (Å²) in [6.45, 7) is 3.71. The second kappa shape index (κ2) is 8.49. The van der Waals surface area contributed by atoms with Crippen molar-refractivity contribution in [3.8, 4) is 0 Å². The van der Waals surface area contributed by atoms with Crippen LogP contribution in [0.1, 0.15) is 36.2 Å². The lowest BCUT2D eigenvalue weighted by molar-refractivity contribution is -0.140. The third-order valence-electron chi connectivity index (χ3n) is 3.75. The number of carbonyl (C=O) groups is 2. The molecule has 8 heteroatoms. The number of nitrogens with zero attached hydrogens (tertiary/aromatic N) is 2. The SMILES string of the molecule is CC[C@H](C)[C@H](NC(=O)c1ccc(CSc2ncn[nH]2)cc1)C(=O)O. The Morgan fingerprint density at radius 1 is 1.33 bits per heavy atom. The van der Waals surface area contributed by atoms with E-state index in [1.807, 2.05) is 26.0 Å². The molecule has 0 fully saturated rings. The second-order valence-corrected chi connectivity index (χ2v) is 6.42. The molecular weight excluding hydrogens is 328 g/mol. The first-order chi connectivity index (χ1) is 11.5. The lowest BCUT2D eigenvalue weighted by Gasteiger charge is -2.20. The fraction of sp³-hybridized carbons (Fsp3) is 0.375. The van der Waals surface area contributed by atoms with Crippen molar-refractivity contribution in [1.82, 2.24) is 20.5 Å². The largest absolute Gasteiger partial charge is 0.480 e. The number of carboxylic acid groups (broad SMARTS) is 1. The van der Waals surface area contributed by atoms with Gasteiger partial charge in [-0.25, -0.2) is 9.78 Å². The second-order valence-electron chi connectivity index (χ2n) is 5.45. The number of benzene rings is 1. The van der Waals surface area contributed by atoms with E-state index in [1.54, 1.807) is 12.1 Å². The summed E-state index contributed by atoms with van der Waals surface area (Å²) in [5.74, 6) is -0.833. The molecule has 7 nitrogen and oxygen atoms in total. The molecule has 2 aromatic rings. The van der Waals surface area contributed by atoms with Crippen molar-refractivity contribution in [2.45, 2.75) is 37.2 Å². The first kappa shape index (κ1) is 18.0. The van der Waals surface area contributed by atoms with Crippen LogP contribution in [0.15, 0.2) is 35.7 Å². The van der Waals surface area contributed by atoms with Gasteiger partial charge in [0.1, 0.15) is 12.4 Å². The first-order valence-electron chi connectivity index (χ1n) is 7.62. The minimum absolute atomic E-state index is 0.135. The molecule has 0 saturated carbocycles. The van der Waals surface area contributed by atoms with E-state index in [9.17, 15) is 14.7 Å². The van der Waals surface area contributed by atoms with Crippen molar-refractivity contribution in [3.05, 3.63) is 41.7 Å². The van der Waals surface area contributed by atoms with Crippen LogP contribution in [-0.4, -0.2) is 38.2 Å². The molecular formula is C16H20N4O3S. The molecule has 0 spiro atoms. The number of hydrogen-bond acceptors (Lipinski definition) is 5. The van der Waals surface area contributed by atoms with Gasteiger partial charge in [-0.1, -0.05) is 44.2 Å². The van der Waals surface area contributed by atoms with Gasteiger partial charge >= 0.3 is 5.97 Å². The first-order valence-corrected chi connectivity index (χ1v) is 8.60. The molecule has 3 N–H and O–H groups in total. The van der Waals surface area contributed by atoms with Gasteiger partial charge in [-0.05, 0) is 23.6 Å². The number of H-pyrrole nitrogens is 1. The Labute approximate surface area is 144 Å². The van der Waals surface area contributed by atoms with Crippen LogP contribution in [-0.2, 0) is 10.5 Å². The summed E-state index contributed by atoms with van der Waals surface area (Å²) in [4.78, 5) is 27.5. The summed E-state index contributed by atoms with van der Waals surface area (Å²) in [5.41, 5.74) is 1.47. The standard InChI is InChI=1S/C16H20N4O3S/c1-3-10(2)13(15(22)23)19-14(21)12-6-4-11(5-7-12)8-24-16-17-9-18-20-16/h4-7,9-10,13H,3,8H2,1-2H3,(H,19,21)(H,22,23)(H,17,18,20)/t10-,13-/m0/s1. The number of amides is 1. The zero-order valence-electron chi connectivity index (χ0n) is 13.5. The summed E-state index contributed by atoms with van der Waals surface area (Å²) in [5, 5.41) is 19.1. The molecule has 1 amide bonds. The van der Waals surface area contributed by atoms with E-state index >= 15 is 0 Å². The van der Waals surface area contributed by atoms with Gasteiger partial charge in [0.25, 0.3) is 5.91 Å². The molecule has 2 atom stereocenters. The predicted molar refractivity (Wildman–Crippen MR) is 90.7 cm³/mol. The molecule has 0 aliphatic heterocycles. The molecule has 0 radical (unpaired) electrons. The van der Waals surface area contributed by atoms with Crippen LogP contribution in [0.2, 0.25) is 0 Å². The van der Waals surface area contributed by atoms with E-state index in [0.717, 1.165) is 10.7 Å². The highest BCUT2D eigenvalue weighted by molar-refractivity contribution is 7.98. The summed E-state index contributed by atoms with van der Waals surface area (Å²) >= 11 is 1.51. The maximum absolute atomic E-state index is 12.2. The molecule has 128 valence electrons. The van der Waals surface area contributed by atoms with Gasteiger partial charge in [0, 0.05) is 11.3 Å².